The monoisotopic (exact) mass is 344 g/mol. The van der Waals surface area contributed by atoms with Gasteiger partial charge in [-0.1, -0.05) is 5.92 Å². The summed E-state index contributed by atoms with van der Waals surface area (Å²) in [5.74, 6) is 12.8. The Hall–Kier alpha value is -3.41. The highest BCUT2D eigenvalue weighted by Crippen LogP contribution is 2.29. The maximum absolute atomic E-state index is 9.69. The van der Waals surface area contributed by atoms with E-state index in [1.54, 1.807) is 19.2 Å². The lowest BCUT2D eigenvalue weighted by Crippen LogP contribution is -2.24. The zero-order valence-corrected chi connectivity index (χ0v) is 15.1. The van der Waals surface area contributed by atoms with Gasteiger partial charge in [0.15, 0.2) is 0 Å². The van der Waals surface area contributed by atoms with Crippen molar-refractivity contribution in [3.8, 4) is 23.7 Å². The molecule has 0 atom stereocenters. The van der Waals surface area contributed by atoms with Crippen molar-refractivity contribution in [2.75, 3.05) is 19.2 Å². The highest BCUT2D eigenvalue weighted by Gasteiger charge is 2.15. The van der Waals surface area contributed by atoms with Gasteiger partial charge < -0.3 is 14.3 Å². The molecule has 0 saturated heterocycles. The van der Waals surface area contributed by atoms with Gasteiger partial charge >= 0.3 is 0 Å². The standard InChI is InChI=1S/C21H20N4O/c1-4-25-20-12-10-17(26-3)13-18(20)19(14-22)21(25)11-7-15-5-8-16(9-6-15)24(2)23/h5-6,8-10,12-13H,4,23H2,1-3H3. The number of rotatable bonds is 3. The second kappa shape index (κ2) is 7.23. The first-order valence-electron chi connectivity index (χ1n) is 8.29. The molecule has 0 bridgehead atoms. The van der Waals surface area contributed by atoms with Crippen LogP contribution < -0.4 is 15.6 Å². The van der Waals surface area contributed by atoms with E-state index >= 15 is 0 Å². The molecule has 3 rings (SSSR count). The van der Waals surface area contributed by atoms with Crippen LogP contribution in [0.15, 0.2) is 42.5 Å². The van der Waals surface area contributed by atoms with Crippen molar-refractivity contribution < 1.29 is 4.74 Å². The molecule has 0 aliphatic heterocycles. The van der Waals surface area contributed by atoms with Crippen LogP contribution in [0, 0.1) is 23.2 Å². The summed E-state index contributed by atoms with van der Waals surface area (Å²) in [5.41, 5.74) is 4.05. The van der Waals surface area contributed by atoms with Crippen LogP contribution in [0.5, 0.6) is 5.75 Å². The molecule has 3 aromatic rings. The number of anilines is 1. The van der Waals surface area contributed by atoms with E-state index in [2.05, 4.69) is 22.5 Å². The quantitative estimate of drug-likeness (QED) is 0.450. The van der Waals surface area contributed by atoms with Gasteiger partial charge in [0, 0.05) is 24.5 Å². The van der Waals surface area contributed by atoms with Crippen LogP contribution in [0.4, 0.5) is 5.69 Å². The van der Waals surface area contributed by atoms with Crippen molar-refractivity contribution in [3.05, 3.63) is 59.3 Å². The third-order valence-corrected chi connectivity index (χ3v) is 4.30. The van der Waals surface area contributed by atoms with E-state index in [9.17, 15) is 5.26 Å². The summed E-state index contributed by atoms with van der Waals surface area (Å²) >= 11 is 0. The lowest BCUT2D eigenvalue weighted by atomic mass is 10.1. The Balaban J connectivity index is 2.12. The zero-order chi connectivity index (χ0) is 18.7. The molecular formula is C21H20N4O. The van der Waals surface area contributed by atoms with Gasteiger partial charge in [-0.05, 0) is 55.3 Å². The van der Waals surface area contributed by atoms with Gasteiger partial charge in [-0.3, -0.25) is 0 Å². The summed E-state index contributed by atoms with van der Waals surface area (Å²) in [7, 11) is 3.40. The molecule has 2 aromatic carbocycles. The fourth-order valence-electron chi connectivity index (χ4n) is 2.94. The number of hydrogen-bond donors (Lipinski definition) is 1. The van der Waals surface area contributed by atoms with E-state index in [1.807, 2.05) is 49.4 Å². The highest BCUT2D eigenvalue weighted by atomic mass is 16.5. The first-order valence-corrected chi connectivity index (χ1v) is 8.29. The molecule has 2 N–H and O–H groups in total. The third kappa shape index (κ3) is 3.09. The molecule has 0 radical (unpaired) electrons. The molecule has 0 saturated carbocycles. The summed E-state index contributed by atoms with van der Waals surface area (Å²) in [4.78, 5) is 0. The lowest BCUT2D eigenvalue weighted by molar-refractivity contribution is 0.415. The van der Waals surface area contributed by atoms with E-state index in [4.69, 9.17) is 10.6 Å². The smallest absolute Gasteiger partial charge is 0.119 e. The number of ether oxygens (including phenoxy) is 1. The molecule has 26 heavy (non-hydrogen) atoms. The van der Waals surface area contributed by atoms with E-state index in [-0.39, 0.29) is 0 Å². The Morgan fingerprint density at radius 3 is 2.46 bits per heavy atom. The number of aromatic nitrogens is 1. The number of nitrogens with two attached hydrogens (primary N) is 1. The normalized spacial score (nSPS) is 10.1. The molecule has 0 aliphatic carbocycles. The molecule has 0 fully saturated rings. The van der Waals surface area contributed by atoms with Gasteiger partial charge in [0.05, 0.1) is 23.9 Å². The Morgan fingerprint density at radius 1 is 1.15 bits per heavy atom. The molecule has 1 heterocycles. The maximum Gasteiger partial charge on any atom is 0.119 e. The Kier molecular flexibility index (Phi) is 4.84. The van der Waals surface area contributed by atoms with Crippen molar-refractivity contribution in [1.29, 1.82) is 5.26 Å². The molecule has 0 aliphatic rings. The molecule has 5 heteroatoms. The van der Waals surface area contributed by atoms with Gasteiger partial charge in [0.1, 0.15) is 17.5 Å². The first-order chi connectivity index (χ1) is 12.6. The third-order valence-electron chi connectivity index (χ3n) is 4.30. The first kappa shape index (κ1) is 17.4. The summed E-state index contributed by atoms with van der Waals surface area (Å²) in [5, 5.41) is 12.1. The molecule has 0 unspecified atom stereocenters. The molecule has 1 aromatic heterocycles. The zero-order valence-electron chi connectivity index (χ0n) is 15.1. The number of nitrogens with zero attached hydrogens (tertiary/aromatic N) is 3. The minimum atomic E-state index is 0.576. The van der Waals surface area contributed by atoms with E-state index in [1.165, 1.54) is 0 Å². The Morgan fingerprint density at radius 2 is 1.88 bits per heavy atom. The fraction of sp³-hybridized carbons (Fsp3) is 0.190. The topological polar surface area (TPSA) is 67.2 Å². The van der Waals surface area contributed by atoms with Crippen LogP contribution in [0.1, 0.15) is 23.7 Å². The second-order valence-electron chi connectivity index (χ2n) is 5.87. The lowest BCUT2D eigenvalue weighted by Gasteiger charge is -2.10. The van der Waals surface area contributed by atoms with Crippen LogP contribution in [0.2, 0.25) is 0 Å². The van der Waals surface area contributed by atoms with Crippen LogP contribution >= 0.6 is 0 Å². The molecule has 130 valence electrons. The molecular weight excluding hydrogens is 324 g/mol. The number of benzene rings is 2. The van der Waals surface area contributed by atoms with Gasteiger partial charge in [-0.2, -0.15) is 5.26 Å². The summed E-state index contributed by atoms with van der Waals surface area (Å²) in [6.07, 6.45) is 0. The van der Waals surface area contributed by atoms with Gasteiger partial charge in [0.2, 0.25) is 0 Å². The fourth-order valence-corrected chi connectivity index (χ4v) is 2.94. The van der Waals surface area contributed by atoms with E-state index < -0.39 is 0 Å². The minimum absolute atomic E-state index is 0.576. The number of aryl methyl sites for hydroxylation is 1. The van der Waals surface area contributed by atoms with Crippen LogP contribution in [-0.2, 0) is 6.54 Å². The molecule has 0 amide bonds. The van der Waals surface area contributed by atoms with Gasteiger partial charge in [-0.15, -0.1) is 0 Å². The van der Waals surface area contributed by atoms with Crippen molar-refractivity contribution in [1.82, 2.24) is 4.57 Å². The number of methoxy groups -OCH3 is 1. The van der Waals surface area contributed by atoms with Gasteiger partial charge in [-0.25, -0.2) is 5.84 Å². The van der Waals surface area contributed by atoms with Crippen molar-refractivity contribution in [2.45, 2.75) is 13.5 Å². The predicted octanol–water partition coefficient (Wildman–Crippen LogP) is 3.25. The number of fused-ring (bicyclic) bond motifs is 1. The van der Waals surface area contributed by atoms with Crippen LogP contribution in [0.25, 0.3) is 10.9 Å². The number of hydrogen-bond acceptors (Lipinski definition) is 4. The predicted molar refractivity (Wildman–Crippen MR) is 104 cm³/mol. The van der Waals surface area contributed by atoms with Crippen LogP contribution in [0.3, 0.4) is 0 Å². The molecule has 0 spiro atoms. The summed E-state index contributed by atoms with van der Waals surface area (Å²) in [6, 6.07) is 15.7. The van der Waals surface area contributed by atoms with Crippen molar-refractivity contribution in [3.63, 3.8) is 0 Å². The Bertz CT molecular complexity index is 1040. The van der Waals surface area contributed by atoms with Crippen LogP contribution in [-0.4, -0.2) is 18.7 Å². The number of hydrazine groups is 1. The maximum atomic E-state index is 9.69. The minimum Gasteiger partial charge on any atom is -0.497 e. The second-order valence-corrected chi connectivity index (χ2v) is 5.87. The highest BCUT2D eigenvalue weighted by molar-refractivity contribution is 5.90. The largest absolute Gasteiger partial charge is 0.497 e. The average molecular weight is 344 g/mol. The van der Waals surface area contributed by atoms with E-state index in [0.717, 1.165) is 40.1 Å². The average Bonchev–Trinajstić information content (AvgIpc) is 2.98. The van der Waals surface area contributed by atoms with Crippen molar-refractivity contribution >= 4 is 16.6 Å². The SMILES string of the molecule is CCn1c(C#Cc2ccc(N(C)N)cc2)c(C#N)c2cc(OC)ccc21. The summed E-state index contributed by atoms with van der Waals surface area (Å²) in [6.45, 7) is 2.77. The van der Waals surface area contributed by atoms with Gasteiger partial charge in [0.25, 0.3) is 0 Å². The Labute approximate surface area is 153 Å². The molecule has 5 nitrogen and oxygen atoms in total. The van der Waals surface area contributed by atoms with Crippen molar-refractivity contribution in [2.24, 2.45) is 5.84 Å². The summed E-state index contributed by atoms with van der Waals surface area (Å²) < 4.78 is 7.35. The van der Waals surface area contributed by atoms with E-state index in [0.29, 0.717) is 5.56 Å². The number of nitriles is 1.